The van der Waals surface area contributed by atoms with Crippen LogP contribution in [0.15, 0.2) is 48.5 Å². The first-order valence-corrected chi connectivity index (χ1v) is 9.78. The topological polar surface area (TPSA) is 67.4 Å². The van der Waals surface area contributed by atoms with E-state index in [2.05, 4.69) is 24.5 Å². The number of para-hydroxylation sites is 1. The Bertz CT molecular complexity index is 839. The lowest BCUT2D eigenvalue weighted by Crippen LogP contribution is -2.40. The van der Waals surface area contributed by atoms with Gasteiger partial charge in [-0.2, -0.15) is 0 Å². The second kappa shape index (κ2) is 8.46. The van der Waals surface area contributed by atoms with E-state index in [1.54, 1.807) is 7.11 Å². The highest BCUT2D eigenvalue weighted by molar-refractivity contribution is 6.13. The van der Waals surface area contributed by atoms with Gasteiger partial charge in [0.15, 0.2) is 0 Å². The van der Waals surface area contributed by atoms with Crippen LogP contribution in [0.3, 0.4) is 0 Å². The van der Waals surface area contributed by atoms with Crippen LogP contribution in [-0.2, 0) is 16.0 Å². The maximum atomic E-state index is 12.7. The van der Waals surface area contributed by atoms with Gasteiger partial charge in [-0.25, -0.2) is 0 Å². The Morgan fingerprint density at radius 3 is 2.32 bits per heavy atom. The fraction of sp³-hybridized carbons (Fsp3) is 0.391. The lowest BCUT2D eigenvalue weighted by atomic mass is 10.0. The Morgan fingerprint density at radius 1 is 1.04 bits per heavy atom. The summed E-state index contributed by atoms with van der Waals surface area (Å²) in [7, 11) is 1.63. The van der Waals surface area contributed by atoms with E-state index in [9.17, 15) is 9.59 Å². The second-order valence-corrected chi connectivity index (χ2v) is 7.63. The number of anilines is 1. The third-order valence-corrected chi connectivity index (χ3v) is 5.33. The molecule has 5 nitrogen and oxygen atoms in total. The smallest absolute Gasteiger partial charge is 0.240 e. The van der Waals surface area contributed by atoms with E-state index in [1.807, 2.05) is 48.5 Å². The number of hydrogen-bond donors (Lipinski definition) is 2. The van der Waals surface area contributed by atoms with Gasteiger partial charge in [0.2, 0.25) is 11.8 Å². The molecule has 1 aliphatic carbocycles. The molecule has 2 aromatic rings. The number of carbonyl (C=O) groups is 2. The normalized spacial score (nSPS) is 14.4. The Labute approximate surface area is 166 Å². The maximum Gasteiger partial charge on any atom is 0.240 e. The predicted molar refractivity (Wildman–Crippen MR) is 111 cm³/mol. The highest BCUT2D eigenvalue weighted by atomic mass is 16.5. The number of amides is 2. The molecule has 2 amide bonds. The zero-order valence-corrected chi connectivity index (χ0v) is 16.7. The SMILES string of the molecule is COc1ccccc1CCNC(=O)C1(C(=O)Nc2ccc(C(C)C)cc2)CC1. The van der Waals surface area contributed by atoms with Crippen molar-refractivity contribution in [2.24, 2.45) is 5.41 Å². The van der Waals surface area contributed by atoms with Crippen molar-refractivity contribution < 1.29 is 14.3 Å². The molecular weight excluding hydrogens is 352 g/mol. The van der Waals surface area contributed by atoms with Gasteiger partial charge in [0.05, 0.1) is 7.11 Å². The highest BCUT2D eigenvalue weighted by Gasteiger charge is 2.56. The van der Waals surface area contributed by atoms with Crippen molar-refractivity contribution in [3.63, 3.8) is 0 Å². The minimum absolute atomic E-state index is 0.196. The summed E-state index contributed by atoms with van der Waals surface area (Å²) in [5.41, 5.74) is 2.04. The van der Waals surface area contributed by atoms with Crippen molar-refractivity contribution in [2.45, 2.75) is 39.0 Å². The van der Waals surface area contributed by atoms with Crippen LogP contribution >= 0.6 is 0 Å². The van der Waals surface area contributed by atoms with Gasteiger partial charge in [-0.1, -0.05) is 44.2 Å². The van der Waals surface area contributed by atoms with Gasteiger partial charge in [-0.15, -0.1) is 0 Å². The summed E-state index contributed by atoms with van der Waals surface area (Å²) in [6.07, 6.45) is 1.83. The fourth-order valence-electron chi connectivity index (χ4n) is 3.27. The Morgan fingerprint density at radius 2 is 1.71 bits per heavy atom. The van der Waals surface area contributed by atoms with E-state index in [4.69, 9.17) is 4.74 Å². The molecule has 5 heteroatoms. The van der Waals surface area contributed by atoms with Gasteiger partial charge in [-0.3, -0.25) is 9.59 Å². The Hall–Kier alpha value is -2.82. The molecule has 0 spiro atoms. The van der Waals surface area contributed by atoms with Crippen LogP contribution in [0.1, 0.15) is 43.7 Å². The molecule has 1 aliphatic rings. The molecule has 0 atom stereocenters. The van der Waals surface area contributed by atoms with Gasteiger partial charge < -0.3 is 15.4 Å². The summed E-state index contributed by atoms with van der Waals surface area (Å²) >= 11 is 0. The second-order valence-electron chi connectivity index (χ2n) is 7.63. The third kappa shape index (κ3) is 4.35. The number of benzene rings is 2. The van der Waals surface area contributed by atoms with E-state index < -0.39 is 5.41 Å². The van der Waals surface area contributed by atoms with Crippen molar-refractivity contribution in [3.05, 3.63) is 59.7 Å². The van der Waals surface area contributed by atoms with Crippen molar-refractivity contribution in [3.8, 4) is 5.75 Å². The Kier molecular flexibility index (Phi) is 6.02. The number of carbonyl (C=O) groups excluding carboxylic acids is 2. The van der Waals surface area contributed by atoms with Crippen LogP contribution in [-0.4, -0.2) is 25.5 Å². The molecule has 0 unspecified atom stereocenters. The van der Waals surface area contributed by atoms with Gasteiger partial charge in [0.1, 0.15) is 11.2 Å². The third-order valence-electron chi connectivity index (χ3n) is 5.33. The van der Waals surface area contributed by atoms with Crippen LogP contribution in [0.4, 0.5) is 5.69 Å². The van der Waals surface area contributed by atoms with Gasteiger partial charge in [0, 0.05) is 12.2 Å². The molecule has 0 saturated heterocycles. The van der Waals surface area contributed by atoms with Crippen LogP contribution < -0.4 is 15.4 Å². The molecule has 148 valence electrons. The largest absolute Gasteiger partial charge is 0.496 e. The van der Waals surface area contributed by atoms with Crippen LogP contribution in [0.2, 0.25) is 0 Å². The first kappa shape index (κ1) is 19.9. The standard InChI is InChI=1S/C23H28N2O3/c1-16(2)17-8-10-19(11-9-17)25-22(27)23(13-14-23)21(26)24-15-12-18-6-4-5-7-20(18)28-3/h4-11,16H,12-15H2,1-3H3,(H,24,26)(H,25,27). The molecule has 0 radical (unpaired) electrons. The summed E-state index contributed by atoms with van der Waals surface area (Å²) in [5, 5.41) is 5.82. The molecule has 0 aliphatic heterocycles. The predicted octanol–water partition coefficient (Wildman–Crippen LogP) is 3.90. The van der Waals surface area contributed by atoms with Crippen LogP contribution in [0.25, 0.3) is 0 Å². The van der Waals surface area contributed by atoms with Crippen LogP contribution in [0.5, 0.6) is 5.75 Å². The van der Waals surface area contributed by atoms with E-state index in [0.717, 1.165) is 17.0 Å². The molecule has 0 heterocycles. The summed E-state index contributed by atoms with van der Waals surface area (Å²) < 4.78 is 5.33. The monoisotopic (exact) mass is 380 g/mol. The van der Waals surface area contributed by atoms with E-state index in [0.29, 0.717) is 31.7 Å². The summed E-state index contributed by atoms with van der Waals surface area (Å²) in [6, 6.07) is 15.5. The minimum atomic E-state index is -0.933. The summed E-state index contributed by atoms with van der Waals surface area (Å²) in [4.78, 5) is 25.3. The quantitative estimate of drug-likeness (QED) is 0.683. The van der Waals surface area contributed by atoms with Crippen molar-refractivity contribution in [2.75, 3.05) is 19.0 Å². The molecule has 28 heavy (non-hydrogen) atoms. The molecule has 0 aromatic heterocycles. The average Bonchev–Trinajstić information content (AvgIpc) is 3.51. The van der Waals surface area contributed by atoms with E-state index >= 15 is 0 Å². The van der Waals surface area contributed by atoms with Crippen molar-refractivity contribution in [1.29, 1.82) is 0 Å². The van der Waals surface area contributed by atoms with Crippen LogP contribution in [0, 0.1) is 5.41 Å². The zero-order valence-electron chi connectivity index (χ0n) is 16.7. The lowest BCUT2D eigenvalue weighted by Gasteiger charge is -2.16. The van der Waals surface area contributed by atoms with E-state index in [1.165, 1.54) is 5.56 Å². The Balaban J connectivity index is 1.55. The summed E-state index contributed by atoms with van der Waals surface area (Å²) in [6.45, 7) is 4.72. The van der Waals surface area contributed by atoms with Crippen molar-refractivity contribution in [1.82, 2.24) is 5.32 Å². The zero-order chi connectivity index (χ0) is 20.1. The molecule has 1 fully saturated rings. The molecular formula is C23H28N2O3. The minimum Gasteiger partial charge on any atom is -0.496 e. The number of ether oxygens (including phenoxy) is 1. The molecule has 3 rings (SSSR count). The highest BCUT2D eigenvalue weighted by Crippen LogP contribution is 2.46. The number of hydrogen-bond acceptors (Lipinski definition) is 3. The average molecular weight is 380 g/mol. The van der Waals surface area contributed by atoms with Gasteiger partial charge in [0.25, 0.3) is 0 Å². The van der Waals surface area contributed by atoms with Gasteiger partial charge in [-0.05, 0) is 54.5 Å². The fourth-order valence-corrected chi connectivity index (χ4v) is 3.27. The molecule has 0 bridgehead atoms. The molecule has 2 aromatic carbocycles. The number of rotatable bonds is 8. The molecule has 1 saturated carbocycles. The maximum absolute atomic E-state index is 12.7. The van der Waals surface area contributed by atoms with Gasteiger partial charge >= 0.3 is 0 Å². The lowest BCUT2D eigenvalue weighted by molar-refractivity contribution is -0.134. The number of methoxy groups -OCH3 is 1. The first-order valence-electron chi connectivity index (χ1n) is 9.78. The van der Waals surface area contributed by atoms with Crippen molar-refractivity contribution >= 4 is 17.5 Å². The summed E-state index contributed by atoms with van der Waals surface area (Å²) in [5.74, 6) is 0.826. The number of nitrogens with one attached hydrogen (secondary N) is 2. The first-order chi connectivity index (χ1) is 13.5. The molecule has 2 N–H and O–H groups in total. The van der Waals surface area contributed by atoms with E-state index in [-0.39, 0.29) is 11.8 Å².